The van der Waals surface area contributed by atoms with Crippen molar-refractivity contribution in [1.82, 2.24) is 0 Å². The van der Waals surface area contributed by atoms with E-state index in [1.807, 2.05) is 0 Å². The van der Waals surface area contributed by atoms with Crippen LogP contribution >= 0.6 is 0 Å². The smallest absolute Gasteiger partial charge is 0.123 e. The van der Waals surface area contributed by atoms with Crippen molar-refractivity contribution in [2.75, 3.05) is 14.2 Å². The second-order valence-electron chi connectivity index (χ2n) is 4.43. The van der Waals surface area contributed by atoms with Crippen LogP contribution < -0.4 is 15.2 Å². The second-order valence-corrected chi connectivity index (χ2v) is 4.43. The first kappa shape index (κ1) is 14.6. The van der Waals surface area contributed by atoms with Gasteiger partial charge in [-0.25, -0.2) is 0 Å². The number of hydrogen-bond donors (Lipinski definition) is 3. The van der Waals surface area contributed by atoms with Gasteiger partial charge in [-0.1, -0.05) is 0 Å². The summed E-state index contributed by atoms with van der Waals surface area (Å²) in [7, 11) is 3.14. The highest BCUT2D eigenvalue weighted by molar-refractivity contribution is 6.17. The highest BCUT2D eigenvalue weighted by Crippen LogP contribution is 2.21. The van der Waals surface area contributed by atoms with Gasteiger partial charge in [0.1, 0.15) is 17.3 Å². The minimum Gasteiger partial charge on any atom is -0.497 e. The molecule has 0 amide bonds. The largest absolute Gasteiger partial charge is 0.497 e. The van der Waals surface area contributed by atoms with Crippen molar-refractivity contribution in [2.45, 2.75) is 0 Å². The normalized spacial score (nSPS) is 10.0. The van der Waals surface area contributed by atoms with Crippen molar-refractivity contribution in [3.8, 4) is 11.5 Å². The minimum absolute atomic E-state index is 0.0952. The summed E-state index contributed by atoms with van der Waals surface area (Å²) < 4.78 is 10.2. The van der Waals surface area contributed by atoms with Gasteiger partial charge in [0.05, 0.1) is 19.9 Å². The van der Waals surface area contributed by atoms with Crippen molar-refractivity contribution in [3.63, 3.8) is 0 Å². The van der Waals surface area contributed by atoms with E-state index in [0.29, 0.717) is 22.6 Å². The van der Waals surface area contributed by atoms with Gasteiger partial charge in [0, 0.05) is 16.7 Å². The van der Waals surface area contributed by atoms with Crippen LogP contribution in [0, 0.1) is 10.8 Å². The Hall–Kier alpha value is -2.82. The first-order valence-corrected chi connectivity index (χ1v) is 6.32. The maximum absolute atomic E-state index is 8.33. The maximum Gasteiger partial charge on any atom is 0.123 e. The number of amidine groups is 1. The molecule has 0 radical (unpaired) electrons. The predicted octanol–water partition coefficient (Wildman–Crippen LogP) is 2.40. The first-order valence-electron chi connectivity index (χ1n) is 6.32. The molecular weight excluding hydrogens is 266 g/mol. The van der Waals surface area contributed by atoms with Crippen LogP contribution in [-0.2, 0) is 0 Å². The molecule has 0 saturated carbocycles. The Kier molecular flexibility index (Phi) is 4.23. The molecule has 0 heterocycles. The Morgan fingerprint density at radius 1 is 0.857 bits per heavy atom. The fourth-order valence-electron chi connectivity index (χ4n) is 2.00. The molecule has 4 N–H and O–H groups in total. The summed E-state index contributed by atoms with van der Waals surface area (Å²) in [5, 5.41) is 16.0. The third-order valence-electron chi connectivity index (χ3n) is 3.16. The predicted molar refractivity (Wildman–Crippen MR) is 82.9 cm³/mol. The summed E-state index contributed by atoms with van der Waals surface area (Å²) in [5.74, 6) is 1.24. The summed E-state index contributed by atoms with van der Waals surface area (Å²) >= 11 is 0. The van der Waals surface area contributed by atoms with Crippen molar-refractivity contribution in [3.05, 3.63) is 59.2 Å². The van der Waals surface area contributed by atoms with E-state index in [0.717, 1.165) is 11.3 Å². The lowest BCUT2D eigenvalue weighted by Gasteiger charge is -2.12. The molecule has 5 nitrogen and oxygen atoms in total. The van der Waals surface area contributed by atoms with E-state index in [-0.39, 0.29) is 5.84 Å². The SMILES string of the molecule is COc1ccc(C(=N)c2ccc(OC)cc2C(=N)N)cc1. The highest BCUT2D eigenvalue weighted by atomic mass is 16.5. The van der Waals surface area contributed by atoms with E-state index in [2.05, 4.69) is 0 Å². The Bertz CT molecular complexity index is 678. The van der Waals surface area contributed by atoms with Crippen LogP contribution in [0.2, 0.25) is 0 Å². The average molecular weight is 283 g/mol. The molecule has 0 aromatic heterocycles. The van der Waals surface area contributed by atoms with Gasteiger partial charge < -0.3 is 15.2 Å². The van der Waals surface area contributed by atoms with Gasteiger partial charge in [-0.05, 0) is 42.5 Å². The van der Waals surface area contributed by atoms with Crippen LogP contribution in [0.3, 0.4) is 0 Å². The fraction of sp³-hybridized carbons (Fsp3) is 0.125. The molecule has 0 aliphatic heterocycles. The van der Waals surface area contributed by atoms with E-state index < -0.39 is 0 Å². The quantitative estimate of drug-likeness (QED) is 0.581. The Labute approximate surface area is 123 Å². The second kappa shape index (κ2) is 6.09. The topological polar surface area (TPSA) is 92.2 Å². The maximum atomic E-state index is 8.33. The van der Waals surface area contributed by atoms with Crippen LogP contribution in [0.1, 0.15) is 16.7 Å². The monoisotopic (exact) mass is 283 g/mol. The summed E-state index contributed by atoms with van der Waals surface area (Å²) in [4.78, 5) is 0. The zero-order chi connectivity index (χ0) is 15.4. The molecule has 0 bridgehead atoms. The Balaban J connectivity index is 2.44. The molecule has 2 aromatic carbocycles. The Morgan fingerprint density at radius 3 is 1.95 bits per heavy atom. The number of ether oxygens (including phenoxy) is 2. The Morgan fingerprint density at radius 2 is 1.43 bits per heavy atom. The van der Waals surface area contributed by atoms with Gasteiger partial charge >= 0.3 is 0 Å². The van der Waals surface area contributed by atoms with Crippen molar-refractivity contribution in [2.24, 2.45) is 5.73 Å². The molecule has 21 heavy (non-hydrogen) atoms. The summed E-state index contributed by atoms with van der Waals surface area (Å²) in [5.41, 5.74) is 7.71. The number of nitrogens with two attached hydrogens (primary N) is 1. The lowest BCUT2D eigenvalue weighted by molar-refractivity contribution is 0.414. The lowest BCUT2D eigenvalue weighted by Crippen LogP contribution is -2.17. The molecule has 0 saturated heterocycles. The molecule has 108 valence electrons. The van der Waals surface area contributed by atoms with Crippen LogP contribution in [0.5, 0.6) is 11.5 Å². The van der Waals surface area contributed by atoms with Crippen LogP contribution in [0.25, 0.3) is 0 Å². The van der Waals surface area contributed by atoms with E-state index >= 15 is 0 Å². The van der Waals surface area contributed by atoms with Gasteiger partial charge in [0.25, 0.3) is 0 Å². The van der Waals surface area contributed by atoms with E-state index in [4.69, 9.17) is 26.0 Å². The molecule has 5 heteroatoms. The van der Waals surface area contributed by atoms with Crippen molar-refractivity contribution < 1.29 is 9.47 Å². The molecule has 0 spiro atoms. The molecule has 0 aliphatic rings. The summed E-state index contributed by atoms with van der Waals surface area (Å²) in [6.45, 7) is 0. The third-order valence-corrected chi connectivity index (χ3v) is 3.16. The van der Waals surface area contributed by atoms with Gasteiger partial charge in [-0.2, -0.15) is 0 Å². The fourth-order valence-corrected chi connectivity index (χ4v) is 2.00. The molecular formula is C16H17N3O2. The number of nitrogen functional groups attached to an aromatic ring is 1. The number of rotatable bonds is 5. The summed E-state index contributed by atoms with van der Waals surface area (Å²) in [6, 6.07) is 12.3. The van der Waals surface area contributed by atoms with Gasteiger partial charge in [0.15, 0.2) is 0 Å². The van der Waals surface area contributed by atoms with Crippen molar-refractivity contribution >= 4 is 11.5 Å². The molecule has 2 rings (SSSR count). The third kappa shape index (κ3) is 3.02. The van der Waals surface area contributed by atoms with Crippen LogP contribution in [0.4, 0.5) is 0 Å². The minimum atomic E-state index is -0.0952. The number of benzene rings is 2. The van der Waals surface area contributed by atoms with Gasteiger partial charge in [0.2, 0.25) is 0 Å². The first-order chi connectivity index (χ1) is 10.1. The number of methoxy groups -OCH3 is 2. The van der Waals surface area contributed by atoms with Crippen LogP contribution in [0.15, 0.2) is 42.5 Å². The molecule has 0 aliphatic carbocycles. The van der Waals surface area contributed by atoms with E-state index in [1.165, 1.54) is 0 Å². The highest BCUT2D eigenvalue weighted by Gasteiger charge is 2.13. The van der Waals surface area contributed by atoms with Crippen molar-refractivity contribution in [1.29, 1.82) is 10.8 Å². The zero-order valence-corrected chi connectivity index (χ0v) is 11.9. The molecule has 0 fully saturated rings. The standard InChI is InChI=1S/C16H17N3O2/c1-20-11-5-3-10(4-6-11)15(17)13-8-7-12(21-2)9-14(13)16(18)19/h3-9,17H,1-2H3,(H3,18,19). The molecule has 0 unspecified atom stereocenters. The van der Waals surface area contributed by atoms with Crippen LogP contribution in [-0.4, -0.2) is 25.8 Å². The number of hydrogen-bond acceptors (Lipinski definition) is 4. The molecule has 0 atom stereocenters. The number of nitrogens with one attached hydrogen (secondary N) is 2. The van der Waals surface area contributed by atoms with E-state index in [1.54, 1.807) is 56.7 Å². The zero-order valence-electron chi connectivity index (χ0n) is 11.9. The van der Waals surface area contributed by atoms with Gasteiger partial charge in [-0.15, -0.1) is 0 Å². The van der Waals surface area contributed by atoms with E-state index in [9.17, 15) is 0 Å². The average Bonchev–Trinajstić information content (AvgIpc) is 2.53. The molecule has 2 aromatic rings. The van der Waals surface area contributed by atoms with Gasteiger partial charge in [-0.3, -0.25) is 10.8 Å². The lowest BCUT2D eigenvalue weighted by atomic mass is 9.96. The summed E-state index contributed by atoms with van der Waals surface area (Å²) in [6.07, 6.45) is 0.